The predicted octanol–water partition coefficient (Wildman–Crippen LogP) is 5.74. The molecule has 3 aromatic rings. The summed E-state index contributed by atoms with van der Waals surface area (Å²) < 4.78 is 79.9. The van der Waals surface area contributed by atoms with Gasteiger partial charge in [-0.2, -0.15) is 13.2 Å². The van der Waals surface area contributed by atoms with Gasteiger partial charge in [-0.3, -0.25) is 9.36 Å². The minimum absolute atomic E-state index is 0.0586. The molecule has 0 saturated heterocycles. The number of pyridine rings is 1. The molecule has 0 amide bonds. The van der Waals surface area contributed by atoms with E-state index in [1.165, 1.54) is 35.0 Å². The summed E-state index contributed by atoms with van der Waals surface area (Å²) in [5, 5.41) is 2.45. The summed E-state index contributed by atoms with van der Waals surface area (Å²) >= 11 is 5.93. The highest BCUT2D eigenvalue weighted by atomic mass is 35.5. The van der Waals surface area contributed by atoms with E-state index < -0.39 is 29.6 Å². The fourth-order valence-electron chi connectivity index (χ4n) is 2.60. The van der Waals surface area contributed by atoms with Crippen molar-refractivity contribution in [1.29, 1.82) is 0 Å². The highest BCUT2D eigenvalue weighted by molar-refractivity contribution is 6.32. The van der Waals surface area contributed by atoms with Gasteiger partial charge in [0.05, 0.1) is 22.8 Å². The molecule has 12 heteroatoms. The van der Waals surface area contributed by atoms with E-state index >= 15 is 0 Å². The van der Waals surface area contributed by atoms with Crippen molar-refractivity contribution in [2.75, 3.05) is 11.9 Å². The summed E-state index contributed by atoms with van der Waals surface area (Å²) in [5.41, 5.74) is -0.578. The van der Waals surface area contributed by atoms with Crippen molar-refractivity contribution in [3.8, 4) is 11.6 Å². The molecular formula is C19H12ClF6N3O2. The van der Waals surface area contributed by atoms with Gasteiger partial charge >= 0.3 is 12.5 Å². The first kappa shape index (κ1) is 22.5. The average Bonchev–Trinajstić information content (AvgIpc) is 3.15. The molecule has 1 aromatic carbocycles. The number of alkyl halides is 6. The van der Waals surface area contributed by atoms with Crippen LogP contribution in [0.3, 0.4) is 0 Å². The molecule has 31 heavy (non-hydrogen) atoms. The van der Waals surface area contributed by atoms with Gasteiger partial charge in [-0.1, -0.05) is 11.6 Å². The summed E-state index contributed by atoms with van der Waals surface area (Å²) in [4.78, 5) is 16.3. The molecule has 0 atom stereocenters. The van der Waals surface area contributed by atoms with E-state index in [1.54, 1.807) is 0 Å². The van der Waals surface area contributed by atoms with Gasteiger partial charge in [0.1, 0.15) is 5.75 Å². The molecule has 164 valence electrons. The summed E-state index contributed by atoms with van der Waals surface area (Å²) in [6.07, 6.45) is -7.41. The molecule has 0 saturated carbocycles. The Morgan fingerprint density at radius 1 is 1.10 bits per heavy atom. The van der Waals surface area contributed by atoms with Gasteiger partial charge < -0.3 is 10.1 Å². The van der Waals surface area contributed by atoms with Crippen molar-refractivity contribution < 1.29 is 35.9 Å². The van der Waals surface area contributed by atoms with Crippen LogP contribution in [-0.2, 0) is 6.18 Å². The predicted molar refractivity (Wildman–Crippen MR) is 99.5 cm³/mol. The number of carbonyl (C=O) groups is 1. The lowest BCUT2D eigenvalue weighted by molar-refractivity contribution is -0.274. The second-order valence-corrected chi connectivity index (χ2v) is 6.55. The topological polar surface area (TPSA) is 56.1 Å². The lowest BCUT2D eigenvalue weighted by Crippen LogP contribution is -2.18. The Morgan fingerprint density at radius 3 is 2.35 bits per heavy atom. The first-order valence-electron chi connectivity index (χ1n) is 8.47. The zero-order valence-corrected chi connectivity index (χ0v) is 16.0. The number of hydrogen-bond acceptors (Lipinski definition) is 4. The number of benzene rings is 1. The molecular weight excluding hydrogens is 452 g/mol. The number of rotatable bonds is 6. The maximum absolute atomic E-state index is 12.8. The van der Waals surface area contributed by atoms with Crippen LogP contribution >= 0.6 is 11.6 Å². The van der Waals surface area contributed by atoms with Crippen molar-refractivity contribution >= 4 is 23.1 Å². The van der Waals surface area contributed by atoms with Crippen molar-refractivity contribution in [3.63, 3.8) is 0 Å². The van der Waals surface area contributed by atoms with Gasteiger partial charge in [0.15, 0.2) is 11.6 Å². The highest BCUT2D eigenvalue weighted by Crippen LogP contribution is 2.32. The number of hydrogen-bond donors (Lipinski definition) is 1. The number of nitrogens with one attached hydrogen (secondary N) is 1. The molecule has 0 aliphatic carbocycles. The number of ketones is 1. The third-order valence-electron chi connectivity index (χ3n) is 3.95. The Bertz CT molecular complexity index is 1080. The molecule has 0 radical (unpaired) electrons. The zero-order valence-electron chi connectivity index (χ0n) is 15.3. The van der Waals surface area contributed by atoms with Gasteiger partial charge in [0.25, 0.3) is 0 Å². The van der Waals surface area contributed by atoms with Gasteiger partial charge in [-0.15, -0.1) is 13.2 Å². The number of nitrogens with zero attached hydrogens (tertiary/aromatic N) is 2. The molecule has 0 fully saturated rings. The summed E-state index contributed by atoms with van der Waals surface area (Å²) in [5.74, 6) is -0.934. The minimum atomic E-state index is -4.82. The molecule has 1 N–H and O–H groups in total. The van der Waals surface area contributed by atoms with Crippen LogP contribution in [0.1, 0.15) is 16.1 Å². The van der Waals surface area contributed by atoms with Crippen LogP contribution in [0.25, 0.3) is 5.82 Å². The van der Waals surface area contributed by atoms with Crippen LogP contribution in [-0.4, -0.2) is 28.2 Å². The van der Waals surface area contributed by atoms with E-state index in [0.29, 0.717) is 18.0 Å². The zero-order chi connectivity index (χ0) is 22.8. The Balaban J connectivity index is 1.72. The monoisotopic (exact) mass is 463 g/mol. The third kappa shape index (κ3) is 5.69. The van der Waals surface area contributed by atoms with Crippen LogP contribution in [0.5, 0.6) is 5.75 Å². The smallest absolute Gasteiger partial charge is 0.406 e. The van der Waals surface area contributed by atoms with Gasteiger partial charge in [-0.25, -0.2) is 4.98 Å². The normalized spacial score (nSPS) is 12.0. The van der Waals surface area contributed by atoms with Gasteiger partial charge in [0, 0.05) is 18.1 Å². The number of ether oxygens (including phenoxy) is 1. The fraction of sp³-hybridized carbons (Fsp3) is 0.158. The quantitative estimate of drug-likeness (QED) is 0.374. The number of Topliss-reactive ketones (excluding diaryl/α,β-unsaturated/α-hetero) is 1. The maximum atomic E-state index is 12.8. The SMILES string of the molecule is O=C(CNc1ccc(OC(F)(F)F)cc1)c1cccn1-c1ncc(C(F)(F)F)cc1Cl. The molecule has 2 heterocycles. The van der Waals surface area contributed by atoms with E-state index in [0.717, 1.165) is 12.1 Å². The molecule has 5 nitrogen and oxygen atoms in total. The van der Waals surface area contributed by atoms with E-state index in [2.05, 4.69) is 15.0 Å². The van der Waals surface area contributed by atoms with Crippen LogP contribution < -0.4 is 10.1 Å². The molecule has 2 aromatic heterocycles. The molecule has 0 spiro atoms. The number of aromatic nitrogens is 2. The number of carbonyl (C=O) groups excluding carboxylic acids is 1. The largest absolute Gasteiger partial charge is 0.573 e. The lowest BCUT2D eigenvalue weighted by Gasteiger charge is -2.13. The van der Waals surface area contributed by atoms with Crippen LogP contribution in [0.4, 0.5) is 32.0 Å². The Labute approximate surface area is 176 Å². The van der Waals surface area contributed by atoms with E-state index in [4.69, 9.17) is 11.6 Å². The molecule has 0 unspecified atom stereocenters. The second-order valence-electron chi connectivity index (χ2n) is 6.14. The first-order valence-corrected chi connectivity index (χ1v) is 8.85. The van der Waals surface area contributed by atoms with Gasteiger partial charge in [0.2, 0.25) is 0 Å². The Hall–Kier alpha value is -3.21. The minimum Gasteiger partial charge on any atom is -0.406 e. The Morgan fingerprint density at radius 2 is 1.77 bits per heavy atom. The van der Waals surface area contributed by atoms with Crippen LogP contribution in [0.15, 0.2) is 54.9 Å². The number of anilines is 1. The maximum Gasteiger partial charge on any atom is 0.573 e. The van der Waals surface area contributed by atoms with E-state index in [1.807, 2.05) is 0 Å². The molecule has 3 rings (SSSR count). The molecule has 0 bridgehead atoms. The van der Waals surface area contributed by atoms with Crippen molar-refractivity contribution in [2.24, 2.45) is 0 Å². The summed E-state index contributed by atoms with van der Waals surface area (Å²) in [6.45, 7) is -0.248. The fourth-order valence-corrected chi connectivity index (χ4v) is 2.86. The van der Waals surface area contributed by atoms with Gasteiger partial charge in [-0.05, 0) is 42.5 Å². The lowest BCUT2D eigenvalue weighted by atomic mass is 10.2. The first-order chi connectivity index (χ1) is 14.4. The van der Waals surface area contributed by atoms with Crippen LogP contribution in [0, 0.1) is 0 Å². The van der Waals surface area contributed by atoms with Crippen molar-refractivity contribution in [1.82, 2.24) is 9.55 Å². The van der Waals surface area contributed by atoms with E-state index in [-0.39, 0.29) is 23.1 Å². The molecule has 0 aliphatic heterocycles. The van der Waals surface area contributed by atoms with E-state index in [9.17, 15) is 31.1 Å². The van der Waals surface area contributed by atoms with Crippen molar-refractivity contribution in [3.05, 3.63) is 71.1 Å². The standard InChI is InChI=1S/C19H12ClF6N3O2/c20-14-8-11(18(21,22)23)9-28-17(14)29-7-1-2-15(29)16(30)10-27-12-3-5-13(6-4-12)31-19(24,25)26/h1-9,27H,10H2. The van der Waals surface area contributed by atoms with Crippen molar-refractivity contribution in [2.45, 2.75) is 12.5 Å². The number of halogens is 7. The van der Waals surface area contributed by atoms with Crippen LogP contribution in [0.2, 0.25) is 5.02 Å². The molecule has 0 aliphatic rings. The average molecular weight is 464 g/mol. The highest BCUT2D eigenvalue weighted by Gasteiger charge is 2.32. The Kier molecular flexibility index (Phi) is 6.16. The third-order valence-corrected chi connectivity index (χ3v) is 4.23. The second kappa shape index (κ2) is 8.50. The summed E-state index contributed by atoms with van der Waals surface area (Å²) in [7, 11) is 0. The summed E-state index contributed by atoms with van der Waals surface area (Å²) in [6, 6.07) is 8.38.